The predicted molar refractivity (Wildman–Crippen MR) is 121 cm³/mol. The number of hydrogen-bond donors (Lipinski definition) is 0. The maximum Gasteiger partial charge on any atom is 0.0494 e. The highest BCUT2D eigenvalue weighted by atomic mass is 15.0. The summed E-state index contributed by atoms with van der Waals surface area (Å²) in [5.74, 6) is 0. The molecule has 136 valence electrons. The van der Waals surface area contributed by atoms with E-state index in [9.17, 15) is 0 Å². The first-order valence-electron chi connectivity index (χ1n) is 9.91. The van der Waals surface area contributed by atoms with Crippen molar-refractivity contribution in [2.45, 2.75) is 19.9 Å². The van der Waals surface area contributed by atoms with Gasteiger partial charge in [0, 0.05) is 27.8 Å². The number of hydrogen-bond acceptors (Lipinski definition) is 0. The number of benzene rings is 4. The fourth-order valence-electron chi connectivity index (χ4n) is 4.25. The van der Waals surface area contributed by atoms with E-state index in [4.69, 9.17) is 0 Å². The highest BCUT2D eigenvalue weighted by Crippen LogP contribution is 2.35. The molecule has 0 aliphatic heterocycles. The average Bonchev–Trinajstić information content (AvgIpc) is 3.08. The van der Waals surface area contributed by atoms with Gasteiger partial charge in [0.25, 0.3) is 0 Å². The quantitative estimate of drug-likeness (QED) is 0.310. The molecule has 0 unspecified atom stereocenters. The lowest BCUT2D eigenvalue weighted by Crippen LogP contribution is -1.99. The topological polar surface area (TPSA) is 4.93 Å². The minimum atomic E-state index is 0.426. The Morgan fingerprint density at radius 1 is 0.500 bits per heavy atom. The van der Waals surface area contributed by atoms with Crippen LogP contribution >= 0.6 is 0 Å². The third-order valence-corrected chi connectivity index (χ3v) is 5.53. The molecule has 1 aromatic heterocycles. The Morgan fingerprint density at radius 3 is 1.89 bits per heavy atom. The molecule has 0 spiro atoms. The van der Waals surface area contributed by atoms with Gasteiger partial charge >= 0.3 is 0 Å². The van der Waals surface area contributed by atoms with Gasteiger partial charge < -0.3 is 4.57 Å². The van der Waals surface area contributed by atoms with Gasteiger partial charge in [0.1, 0.15) is 0 Å². The molecule has 0 saturated heterocycles. The minimum Gasteiger partial charge on any atom is -0.338 e. The summed E-state index contributed by atoms with van der Waals surface area (Å²) in [7, 11) is 0. The molecule has 0 atom stereocenters. The van der Waals surface area contributed by atoms with E-state index in [1.165, 1.54) is 44.1 Å². The van der Waals surface area contributed by atoms with E-state index in [-0.39, 0.29) is 0 Å². The maximum atomic E-state index is 2.44. The van der Waals surface area contributed by atoms with Crippen LogP contribution in [-0.4, -0.2) is 4.57 Å². The molecular formula is C27H23N. The van der Waals surface area contributed by atoms with Crippen LogP contribution in [0.3, 0.4) is 0 Å². The van der Waals surface area contributed by atoms with Crippen molar-refractivity contribution in [1.29, 1.82) is 0 Å². The van der Waals surface area contributed by atoms with Crippen LogP contribution in [0.15, 0.2) is 97.1 Å². The number of fused-ring (bicyclic) bond motifs is 3. The van der Waals surface area contributed by atoms with E-state index in [0.717, 1.165) is 0 Å². The summed E-state index contributed by atoms with van der Waals surface area (Å²) in [6, 6.07) is 35.4. The lowest BCUT2D eigenvalue weighted by Gasteiger charge is -2.12. The van der Waals surface area contributed by atoms with E-state index in [0.29, 0.717) is 6.04 Å². The SMILES string of the molecule is CC(C)n1c2ccccc2c2cc(-c3cccc(-c4ccccc4)c3)ccc21. The Hall–Kier alpha value is -3.32. The van der Waals surface area contributed by atoms with Gasteiger partial charge in [-0.1, -0.05) is 72.8 Å². The maximum absolute atomic E-state index is 2.44. The van der Waals surface area contributed by atoms with Gasteiger partial charge in [0.2, 0.25) is 0 Å². The van der Waals surface area contributed by atoms with Crippen LogP contribution in [-0.2, 0) is 0 Å². The van der Waals surface area contributed by atoms with Crippen LogP contribution in [0.4, 0.5) is 0 Å². The molecule has 0 amide bonds. The third-order valence-electron chi connectivity index (χ3n) is 5.53. The fourth-order valence-corrected chi connectivity index (χ4v) is 4.25. The first-order valence-corrected chi connectivity index (χ1v) is 9.91. The zero-order chi connectivity index (χ0) is 19.1. The Morgan fingerprint density at radius 2 is 1.11 bits per heavy atom. The summed E-state index contributed by atoms with van der Waals surface area (Å²) < 4.78 is 2.44. The van der Waals surface area contributed by atoms with E-state index >= 15 is 0 Å². The number of nitrogens with zero attached hydrogens (tertiary/aromatic N) is 1. The van der Waals surface area contributed by atoms with E-state index in [1.807, 2.05) is 0 Å². The van der Waals surface area contributed by atoms with Crippen LogP contribution in [0.25, 0.3) is 44.1 Å². The first kappa shape index (κ1) is 16.8. The molecule has 1 heterocycles. The molecule has 0 radical (unpaired) electrons. The van der Waals surface area contributed by atoms with Crippen molar-refractivity contribution in [1.82, 2.24) is 4.57 Å². The van der Waals surface area contributed by atoms with Gasteiger partial charge in [-0.05, 0) is 60.4 Å². The molecule has 28 heavy (non-hydrogen) atoms. The molecule has 1 heteroatoms. The largest absolute Gasteiger partial charge is 0.338 e. The number of rotatable bonds is 3. The van der Waals surface area contributed by atoms with Crippen molar-refractivity contribution in [2.75, 3.05) is 0 Å². The Balaban J connectivity index is 1.70. The summed E-state index contributed by atoms with van der Waals surface area (Å²) in [6.45, 7) is 4.51. The zero-order valence-electron chi connectivity index (χ0n) is 16.3. The van der Waals surface area contributed by atoms with Crippen LogP contribution in [0, 0.1) is 0 Å². The normalized spacial score (nSPS) is 11.5. The highest BCUT2D eigenvalue weighted by Gasteiger charge is 2.13. The van der Waals surface area contributed by atoms with Crippen LogP contribution < -0.4 is 0 Å². The van der Waals surface area contributed by atoms with Crippen LogP contribution in [0.1, 0.15) is 19.9 Å². The van der Waals surface area contributed by atoms with Crippen LogP contribution in [0.5, 0.6) is 0 Å². The molecule has 0 N–H and O–H groups in total. The summed E-state index contributed by atoms with van der Waals surface area (Å²) >= 11 is 0. The molecule has 5 aromatic rings. The lowest BCUT2D eigenvalue weighted by molar-refractivity contribution is 0.642. The Kier molecular flexibility index (Phi) is 4.02. The van der Waals surface area contributed by atoms with Gasteiger partial charge in [-0.3, -0.25) is 0 Å². The second-order valence-electron chi connectivity index (χ2n) is 7.66. The van der Waals surface area contributed by atoms with Gasteiger partial charge in [-0.15, -0.1) is 0 Å². The Labute approximate surface area is 165 Å². The molecule has 0 fully saturated rings. The number of para-hydroxylation sites is 1. The second kappa shape index (κ2) is 6.69. The van der Waals surface area contributed by atoms with Gasteiger partial charge in [-0.25, -0.2) is 0 Å². The van der Waals surface area contributed by atoms with Crippen molar-refractivity contribution < 1.29 is 0 Å². The molecule has 0 aliphatic rings. The monoisotopic (exact) mass is 361 g/mol. The van der Waals surface area contributed by atoms with Crippen molar-refractivity contribution in [2.24, 2.45) is 0 Å². The van der Waals surface area contributed by atoms with Crippen molar-refractivity contribution in [3.05, 3.63) is 97.1 Å². The molecule has 1 nitrogen and oxygen atoms in total. The van der Waals surface area contributed by atoms with Crippen molar-refractivity contribution >= 4 is 21.8 Å². The standard InChI is InChI=1S/C27H23N/c1-19(2)28-26-14-7-6-13-24(26)25-18-23(15-16-27(25)28)22-12-8-11-21(17-22)20-9-4-3-5-10-20/h3-19H,1-2H3. The minimum absolute atomic E-state index is 0.426. The predicted octanol–water partition coefficient (Wildman–Crippen LogP) is 7.71. The molecule has 0 bridgehead atoms. The molecule has 5 rings (SSSR count). The second-order valence-corrected chi connectivity index (χ2v) is 7.66. The summed E-state index contributed by atoms with van der Waals surface area (Å²) in [5.41, 5.74) is 7.63. The third kappa shape index (κ3) is 2.71. The van der Waals surface area contributed by atoms with Gasteiger partial charge in [0.15, 0.2) is 0 Å². The first-order chi connectivity index (χ1) is 13.7. The van der Waals surface area contributed by atoms with E-state index in [1.54, 1.807) is 0 Å². The average molecular weight is 361 g/mol. The van der Waals surface area contributed by atoms with Crippen molar-refractivity contribution in [3.8, 4) is 22.3 Å². The zero-order valence-corrected chi connectivity index (χ0v) is 16.3. The summed E-state index contributed by atoms with van der Waals surface area (Å²) in [5, 5.41) is 2.65. The van der Waals surface area contributed by atoms with Crippen LogP contribution in [0.2, 0.25) is 0 Å². The van der Waals surface area contributed by atoms with Gasteiger partial charge in [-0.2, -0.15) is 0 Å². The molecule has 4 aromatic carbocycles. The van der Waals surface area contributed by atoms with E-state index < -0.39 is 0 Å². The lowest BCUT2D eigenvalue weighted by atomic mass is 9.98. The molecule has 0 saturated carbocycles. The Bertz CT molecular complexity index is 1280. The van der Waals surface area contributed by atoms with Gasteiger partial charge in [0.05, 0.1) is 0 Å². The van der Waals surface area contributed by atoms with E-state index in [2.05, 4.69) is 115 Å². The molecular weight excluding hydrogens is 338 g/mol. The van der Waals surface area contributed by atoms with Crippen molar-refractivity contribution in [3.63, 3.8) is 0 Å². The summed E-state index contributed by atoms with van der Waals surface area (Å²) in [4.78, 5) is 0. The number of aromatic nitrogens is 1. The highest BCUT2D eigenvalue weighted by molar-refractivity contribution is 6.09. The fraction of sp³-hybridized carbons (Fsp3) is 0.111. The smallest absolute Gasteiger partial charge is 0.0494 e. The molecule has 0 aliphatic carbocycles. The summed E-state index contributed by atoms with van der Waals surface area (Å²) in [6.07, 6.45) is 0.